The number of aliphatic hydroxyl groups excluding tert-OH is 1. The summed E-state index contributed by atoms with van der Waals surface area (Å²) in [7, 11) is 0. The van der Waals surface area contributed by atoms with E-state index in [0.29, 0.717) is 37.8 Å². The molecule has 0 aliphatic carbocycles. The fourth-order valence-electron chi connectivity index (χ4n) is 2.29. The summed E-state index contributed by atoms with van der Waals surface area (Å²) in [6, 6.07) is 10.1. The Morgan fingerprint density at radius 3 is 2.52 bits per heavy atom. The summed E-state index contributed by atoms with van der Waals surface area (Å²) in [5, 5.41) is 12.5. The molecule has 2 rings (SSSR count). The Bertz CT molecular complexity index is 677. The first kappa shape index (κ1) is 19.7. The number of hydrogen-bond acceptors (Lipinski definition) is 4. The molecule has 4 nitrogen and oxygen atoms in total. The van der Waals surface area contributed by atoms with Crippen LogP contribution in [-0.4, -0.2) is 24.4 Å². The first-order valence-corrected chi connectivity index (χ1v) is 9.00. The molecule has 1 atom stereocenters. The molecule has 2 N–H and O–H groups in total. The van der Waals surface area contributed by atoms with E-state index in [1.165, 1.54) is 12.1 Å². The van der Waals surface area contributed by atoms with Gasteiger partial charge in [0.05, 0.1) is 17.2 Å². The van der Waals surface area contributed by atoms with Crippen LogP contribution < -0.4 is 14.8 Å². The number of aliphatic hydroxyl groups is 1. The summed E-state index contributed by atoms with van der Waals surface area (Å²) < 4.78 is 25.4. The molecule has 0 heterocycles. The Labute approximate surface area is 156 Å². The Balaban J connectivity index is 2.11. The average Bonchev–Trinajstić information content (AvgIpc) is 2.55. The maximum atomic E-state index is 13.0. The van der Waals surface area contributed by atoms with Gasteiger partial charge in [-0.2, -0.15) is 0 Å². The molecule has 0 fully saturated rings. The molecule has 1 unspecified atom stereocenters. The van der Waals surface area contributed by atoms with Crippen LogP contribution in [0.25, 0.3) is 0 Å². The number of ether oxygens (including phenoxy) is 2. The lowest BCUT2D eigenvalue weighted by Crippen LogP contribution is -2.23. The van der Waals surface area contributed by atoms with Gasteiger partial charge in [0, 0.05) is 13.1 Å². The molecule has 6 heteroatoms. The standard InChI is InChI=1S/C19H23BrFNO3/c1-3-24-18-9-15(11-22-10-13(2)23)8-17(20)19(18)25-12-14-4-6-16(21)7-5-14/h4-9,13,22-23H,3,10-12H2,1-2H3. The molecule has 0 spiro atoms. The number of hydrogen-bond donors (Lipinski definition) is 2. The summed E-state index contributed by atoms with van der Waals surface area (Å²) >= 11 is 3.53. The number of benzene rings is 2. The maximum Gasteiger partial charge on any atom is 0.175 e. The average molecular weight is 412 g/mol. The third-order valence-corrected chi connectivity index (χ3v) is 4.02. The van der Waals surface area contributed by atoms with E-state index in [2.05, 4.69) is 21.2 Å². The quantitative estimate of drug-likeness (QED) is 0.653. The van der Waals surface area contributed by atoms with Gasteiger partial charge in [0.25, 0.3) is 0 Å². The zero-order valence-electron chi connectivity index (χ0n) is 14.4. The van der Waals surface area contributed by atoms with Gasteiger partial charge in [-0.3, -0.25) is 0 Å². The van der Waals surface area contributed by atoms with Gasteiger partial charge in [-0.25, -0.2) is 4.39 Å². The van der Waals surface area contributed by atoms with E-state index in [9.17, 15) is 9.50 Å². The van der Waals surface area contributed by atoms with Crippen molar-refractivity contribution in [2.45, 2.75) is 33.1 Å². The van der Waals surface area contributed by atoms with Gasteiger partial charge in [-0.15, -0.1) is 0 Å². The molecule has 0 bridgehead atoms. The highest BCUT2D eigenvalue weighted by Gasteiger charge is 2.13. The monoisotopic (exact) mass is 411 g/mol. The molecule has 0 radical (unpaired) electrons. The highest BCUT2D eigenvalue weighted by atomic mass is 79.9. The number of rotatable bonds is 9. The van der Waals surface area contributed by atoms with E-state index < -0.39 is 6.10 Å². The van der Waals surface area contributed by atoms with Crippen LogP contribution in [-0.2, 0) is 13.2 Å². The minimum Gasteiger partial charge on any atom is -0.490 e. The van der Waals surface area contributed by atoms with E-state index in [4.69, 9.17) is 9.47 Å². The molecular formula is C19H23BrFNO3. The Hall–Kier alpha value is -1.63. The maximum absolute atomic E-state index is 13.0. The zero-order chi connectivity index (χ0) is 18.2. The molecule has 0 saturated carbocycles. The molecule has 0 aliphatic rings. The second-order valence-corrected chi connectivity index (χ2v) is 6.59. The molecule has 2 aromatic carbocycles. The fraction of sp³-hybridized carbons (Fsp3) is 0.368. The van der Waals surface area contributed by atoms with E-state index in [-0.39, 0.29) is 5.82 Å². The minimum atomic E-state index is -0.395. The van der Waals surface area contributed by atoms with Crippen LogP contribution in [0.15, 0.2) is 40.9 Å². The van der Waals surface area contributed by atoms with Crippen molar-refractivity contribution in [3.8, 4) is 11.5 Å². The second-order valence-electron chi connectivity index (χ2n) is 5.73. The fourth-order valence-corrected chi connectivity index (χ4v) is 2.89. The van der Waals surface area contributed by atoms with Crippen LogP contribution in [0.3, 0.4) is 0 Å². The summed E-state index contributed by atoms with van der Waals surface area (Å²) in [5.74, 6) is 0.993. The third-order valence-electron chi connectivity index (χ3n) is 3.43. The van der Waals surface area contributed by atoms with Gasteiger partial charge < -0.3 is 19.9 Å². The Morgan fingerprint density at radius 2 is 1.88 bits per heavy atom. The molecule has 0 amide bonds. The van der Waals surface area contributed by atoms with Gasteiger partial charge in [-0.1, -0.05) is 12.1 Å². The topological polar surface area (TPSA) is 50.7 Å². The molecule has 0 aliphatic heterocycles. The summed E-state index contributed by atoms with van der Waals surface area (Å²) in [6.45, 7) is 5.62. The van der Waals surface area contributed by atoms with Crippen LogP contribution in [0.4, 0.5) is 4.39 Å². The molecule has 136 valence electrons. The van der Waals surface area contributed by atoms with Crippen molar-refractivity contribution in [1.82, 2.24) is 5.32 Å². The normalized spacial score (nSPS) is 12.0. The second kappa shape index (κ2) is 9.75. The highest BCUT2D eigenvalue weighted by Crippen LogP contribution is 2.37. The molecule has 0 aromatic heterocycles. The van der Waals surface area contributed by atoms with Crippen LogP contribution >= 0.6 is 15.9 Å². The van der Waals surface area contributed by atoms with Gasteiger partial charge in [0.15, 0.2) is 11.5 Å². The smallest absolute Gasteiger partial charge is 0.175 e. The molecule has 0 saturated heterocycles. The predicted molar refractivity (Wildman–Crippen MR) is 99.4 cm³/mol. The van der Waals surface area contributed by atoms with E-state index in [0.717, 1.165) is 15.6 Å². The SMILES string of the molecule is CCOc1cc(CNCC(C)O)cc(Br)c1OCc1ccc(F)cc1. The largest absolute Gasteiger partial charge is 0.490 e. The predicted octanol–water partition coefficient (Wildman–Crippen LogP) is 4.04. The first-order chi connectivity index (χ1) is 12.0. The Kier molecular flexibility index (Phi) is 7.68. The van der Waals surface area contributed by atoms with Crippen LogP contribution in [0.1, 0.15) is 25.0 Å². The van der Waals surface area contributed by atoms with Crippen molar-refractivity contribution in [1.29, 1.82) is 0 Å². The lowest BCUT2D eigenvalue weighted by atomic mass is 10.2. The number of halogens is 2. The summed E-state index contributed by atoms with van der Waals surface area (Å²) in [6.07, 6.45) is -0.395. The van der Waals surface area contributed by atoms with E-state index in [1.807, 2.05) is 19.1 Å². The van der Waals surface area contributed by atoms with Gasteiger partial charge >= 0.3 is 0 Å². The van der Waals surface area contributed by atoms with Crippen LogP contribution in [0.5, 0.6) is 11.5 Å². The van der Waals surface area contributed by atoms with E-state index >= 15 is 0 Å². The van der Waals surface area contributed by atoms with Crippen molar-refractivity contribution < 1.29 is 19.0 Å². The van der Waals surface area contributed by atoms with Crippen molar-refractivity contribution >= 4 is 15.9 Å². The molecular weight excluding hydrogens is 389 g/mol. The van der Waals surface area contributed by atoms with Gasteiger partial charge in [-0.05, 0) is 65.2 Å². The first-order valence-electron chi connectivity index (χ1n) is 8.20. The van der Waals surface area contributed by atoms with Crippen molar-refractivity contribution in [2.75, 3.05) is 13.2 Å². The molecule has 25 heavy (non-hydrogen) atoms. The van der Waals surface area contributed by atoms with Gasteiger partial charge in [0.2, 0.25) is 0 Å². The number of nitrogens with one attached hydrogen (secondary N) is 1. The highest BCUT2D eigenvalue weighted by molar-refractivity contribution is 9.10. The summed E-state index contributed by atoms with van der Waals surface area (Å²) in [4.78, 5) is 0. The lowest BCUT2D eigenvalue weighted by molar-refractivity contribution is 0.191. The summed E-state index contributed by atoms with van der Waals surface area (Å²) in [5.41, 5.74) is 1.89. The molecule has 2 aromatic rings. The zero-order valence-corrected chi connectivity index (χ0v) is 16.0. The van der Waals surface area contributed by atoms with E-state index in [1.54, 1.807) is 19.1 Å². The Morgan fingerprint density at radius 1 is 1.16 bits per heavy atom. The van der Waals surface area contributed by atoms with Gasteiger partial charge in [0.1, 0.15) is 12.4 Å². The van der Waals surface area contributed by atoms with Crippen LogP contribution in [0, 0.1) is 5.82 Å². The lowest BCUT2D eigenvalue weighted by Gasteiger charge is -2.16. The van der Waals surface area contributed by atoms with Crippen LogP contribution in [0.2, 0.25) is 0 Å². The van der Waals surface area contributed by atoms with Crippen molar-refractivity contribution in [3.63, 3.8) is 0 Å². The van der Waals surface area contributed by atoms with Crippen molar-refractivity contribution in [2.24, 2.45) is 0 Å². The minimum absolute atomic E-state index is 0.269. The third kappa shape index (κ3) is 6.30. The van der Waals surface area contributed by atoms with Crippen molar-refractivity contribution in [3.05, 3.63) is 57.8 Å².